The smallest absolute Gasteiger partial charge is 0.339 e. The second-order valence-electron chi connectivity index (χ2n) is 6.06. The number of carbonyl (C=O) groups excluding carboxylic acids is 2. The number of para-hydroxylation sites is 1. The number of nitrogens with zero attached hydrogens (tertiary/aromatic N) is 1. The molecule has 1 heterocycles. The molecule has 0 spiro atoms. The number of benzene rings is 1. The average Bonchev–Trinajstić information content (AvgIpc) is 2.62. The highest BCUT2D eigenvalue weighted by atomic mass is 16.5. The van der Waals surface area contributed by atoms with Crippen LogP contribution >= 0.6 is 0 Å². The first-order valence-electron chi connectivity index (χ1n) is 8.90. The minimum atomic E-state index is -0.477. The standard InChI is InChI=1S/C20H26N2O3/c1-4-6-9-12-21-18(23)13-25-20(24)19-14(3)16(5-2)22-17-11-8-7-10-15(17)19/h7-8,10-11H,4-6,9,12-13H2,1-3H3,(H,21,23). The van der Waals surface area contributed by atoms with E-state index in [9.17, 15) is 9.59 Å². The van der Waals surface area contributed by atoms with Gasteiger partial charge in [-0.25, -0.2) is 4.79 Å². The van der Waals surface area contributed by atoms with Crippen LogP contribution < -0.4 is 5.32 Å². The molecule has 0 aliphatic heterocycles. The van der Waals surface area contributed by atoms with Gasteiger partial charge in [0.1, 0.15) is 0 Å². The lowest BCUT2D eigenvalue weighted by Crippen LogP contribution is -2.29. The Bertz CT molecular complexity index is 756. The number of hydrogen-bond donors (Lipinski definition) is 1. The van der Waals surface area contributed by atoms with Gasteiger partial charge in [0, 0.05) is 17.6 Å². The molecule has 1 aromatic carbocycles. The number of nitrogens with one attached hydrogen (secondary N) is 1. The average molecular weight is 342 g/mol. The van der Waals surface area contributed by atoms with E-state index in [1.54, 1.807) is 0 Å². The summed E-state index contributed by atoms with van der Waals surface area (Å²) in [5, 5.41) is 3.53. The first-order chi connectivity index (χ1) is 12.1. The SMILES string of the molecule is CCCCCNC(=O)COC(=O)c1c(C)c(CC)nc2ccccc12. The zero-order valence-corrected chi connectivity index (χ0v) is 15.2. The fraction of sp³-hybridized carbons (Fsp3) is 0.450. The van der Waals surface area contributed by atoms with Gasteiger partial charge in [0.25, 0.3) is 5.91 Å². The minimum absolute atomic E-state index is 0.261. The molecular weight excluding hydrogens is 316 g/mol. The van der Waals surface area contributed by atoms with Gasteiger partial charge in [-0.1, -0.05) is 44.9 Å². The van der Waals surface area contributed by atoms with E-state index >= 15 is 0 Å². The molecule has 0 saturated carbocycles. The molecule has 25 heavy (non-hydrogen) atoms. The molecule has 0 aliphatic rings. The van der Waals surface area contributed by atoms with Crippen LogP contribution in [0, 0.1) is 6.92 Å². The van der Waals surface area contributed by atoms with Crippen molar-refractivity contribution in [2.24, 2.45) is 0 Å². The quantitative estimate of drug-likeness (QED) is 0.588. The van der Waals surface area contributed by atoms with Gasteiger partial charge < -0.3 is 10.1 Å². The normalized spacial score (nSPS) is 10.7. The minimum Gasteiger partial charge on any atom is -0.452 e. The van der Waals surface area contributed by atoms with E-state index in [4.69, 9.17) is 4.74 Å². The van der Waals surface area contributed by atoms with Crippen LogP contribution in [0.3, 0.4) is 0 Å². The number of amides is 1. The molecule has 5 heteroatoms. The Balaban J connectivity index is 2.11. The third-order valence-corrected chi connectivity index (χ3v) is 4.21. The third-order valence-electron chi connectivity index (χ3n) is 4.21. The molecule has 134 valence electrons. The van der Waals surface area contributed by atoms with E-state index in [2.05, 4.69) is 17.2 Å². The summed E-state index contributed by atoms with van der Waals surface area (Å²) in [4.78, 5) is 29.0. The number of rotatable bonds is 8. The molecule has 0 fully saturated rings. The Kier molecular flexibility index (Phi) is 6.92. The summed E-state index contributed by atoms with van der Waals surface area (Å²) in [6.07, 6.45) is 3.83. The summed E-state index contributed by atoms with van der Waals surface area (Å²) in [7, 11) is 0. The molecule has 0 unspecified atom stereocenters. The first-order valence-corrected chi connectivity index (χ1v) is 8.90. The largest absolute Gasteiger partial charge is 0.452 e. The van der Waals surface area contributed by atoms with E-state index in [1.165, 1.54) is 0 Å². The lowest BCUT2D eigenvalue weighted by molar-refractivity contribution is -0.124. The summed E-state index contributed by atoms with van der Waals surface area (Å²) >= 11 is 0. The van der Waals surface area contributed by atoms with Crippen molar-refractivity contribution >= 4 is 22.8 Å². The van der Waals surface area contributed by atoms with Gasteiger partial charge >= 0.3 is 5.97 Å². The first kappa shape index (κ1) is 18.9. The van der Waals surface area contributed by atoms with Crippen LogP contribution in [0.1, 0.15) is 54.7 Å². The molecule has 0 saturated heterocycles. The van der Waals surface area contributed by atoms with Crippen molar-refractivity contribution in [2.75, 3.05) is 13.2 Å². The summed E-state index contributed by atoms with van der Waals surface area (Å²) in [5.41, 5.74) is 2.95. The van der Waals surface area contributed by atoms with Crippen LogP contribution in [-0.4, -0.2) is 30.0 Å². The number of pyridine rings is 1. The van der Waals surface area contributed by atoms with Gasteiger partial charge in [0.05, 0.1) is 11.1 Å². The summed E-state index contributed by atoms with van der Waals surface area (Å²) in [5.74, 6) is -0.745. The Morgan fingerprint density at radius 1 is 1.16 bits per heavy atom. The molecule has 2 rings (SSSR count). The van der Waals surface area contributed by atoms with Crippen molar-refractivity contribution in [1.82, 2.24) is 10.3 Å². The number of hydrogen-bond acceptors (Lipinski definition) is 4. The highest BCUT2D eigenvalue weighted by molar-refractivity contribution is 6.05. The highest BCUT2D eigenvalue weighted by Gasteiger charge is 2.19. The predicted octanol–water partition coefficient (Wildman–Crippen LogP) is 3.57. The molecule has 2 aromatic rings. The van der Waals surface area contributed by atoms with E-state index in [0.717, 1.165) is 47.8 Å². The number of carbonyl (C=O) groups is 2. The van der Waals surface area contributed by atoms with Crippen molar-refractivity contribution in [3.05, 3.63) is 41.1 Å². The van der Waals surface area contributed by atoms with Crippen molar-refractivity contribution in [3.8, 4) is 0 Å². The maximum absolute atomic E-state index is 12.6. The number of esters is 1. The predicted molar refractivity (Wildman–Crippen MR) is 98.7 cm³/mol. The second-order valence-corrected chi connectivity index (χ2v) is 6.06. The van der Waals surface area contributed by atoms with Gasteiger partial charge in [0.2, 0.25) is 0 Å². The third kappa shape index (κ3) is 4.78. The Morgan fingerprint density at radius 2 is 1.92 bits per heavy atom. The van der Waals surface area contributed by atoms with Crippen LogP contribution in [0.2, 0.25) is 0 Å². The monoisotopic (exact) mass is 342 g/mol. The molecule has 0 atom stereocenters. The molecule has 1 amide bonds. The zero-order valence-electron chi connectivity index (χ0n) is 15.2. The van der Waals surface area contributed by atoms with E-state index in [0.29, 0.717) is 12.1 Å². The Morgan fingerprint density at radius 3 is 2.64 bits per heavy atom. The number of unbranched alkanes of at least 4 members (excludes halogenated alkanes) is 2. The molecular formula is C20H26N2O3. The van der Waals surface area contributed by atoms with Gasteiger partial charge in [-0.15, -0.1) is 0 Å². The number of fused-ring (bicyclic) bond motifs is 1. The Labute approximate surface area is 148 Å². The van der Waals surface area contributed by atoms with Crippen LogP contribution in [-0.2, 0) is 16.0 Å². The molecule has 5 nitrogen and oxygen atoms in total. The van der Waals surface area contributed by atoms with E-state index < -0.39 is 5.97 Å². The van der Waals surface area contributed by atoms with Crippen molar-refractivity contribution in [2.45, 2.75) is 46.5 Å². The summed E-state index contributed by atoms with van der Waals surface area (Å²) in [6.45, 7) is 6.34. The maximum Gasteiger partial charge on any atom is 0.339 e. The summed E-state index contributed by atoms with van der Waals surface area (Å²) < 4.78 is 5.26. The number of aromatic nitrogens is 1. The van der Waals surface area contributed by atoms with Crippen LogP contribution in [0.15, 0.2) is 24.3 Å². The van der Waals surface area contributed by atoms with Crippen LogP contribution in [0.4, 0.5) is 0 Å². The maximum atomic E-state index is 12.6. The topological polar surface area (TPSA) is 68.3 Å². The summed E-state index contributed by atoms with van der Waals surface area (Å²) in [6, 6.07) is 7.50. The van der Waals surface area contributed by atoms with Crippen LogP contribution in [0.5, 0.6) is 0 Å². The van der Waals surface area contributed by atoms with E-state index in [-0.39, 0.29) is 12.5 Å². The van der Waals surface area contributed by atoms with Crippen molar-refractivity contribution < 1.29 is 14.3 Å². The molecule has 0 bridgehead atoms. The number of aryl methyl sites for hydroxylation is 1. The fourth-order valence-corrected chi connectivity index (χ4v) is 2.82. The number of ether oxygens (including phenoxy) is 1. The molecule has 0 aliphatic carbocycles. The van der Waals surface area contributed by atoms with E-state index in [1.807, 2.05) is 38.1 Å². The lowest BCUT2D eigenvalue weighted by Gasteiger charge is -2.13. The van der Waals surface area contributed by atoms with Gasteiger partial charge in [-0.2, -0.15) is 0 Å². The highest BCUT2D eigenvalue weighted by Crippen LogP contribution is 2.24. The van der Waals surface area contributed by atoms with Gasteiger partial charge in [-0.05, 0) is 31.4 Å². The molecule has 0 radical (unpaired) electrons. The zero-order chi connectivity index (χ0) is 18.2. The van der Waals surface area contributed by atoms with Gasteiger partial charge in [-0.3, -0.25) is 9.78 Å². The fourth-order valence-electron chi connectivity index (χ4n) is 2.82. The molecule has 1 N–H and O–H groups in total. The molecule has 1 aromatic heterocycles. The van der Waals surface area contributed by atoms with Crippen molar-refractivity contribution in [3.63, 3.8) is 0 Å². The van der Waals surface area contributed by atoms with Crippen LogP contribution in [0.25, 0.3) is 10.9 Å². The van der Waals surface area contributed by atoms with Gasteiger partial charge in [0.15, 0.2) is 6.61 Å². The lowest BCUT2D eigenvalue weighted by atomic mass is 10.0. The Hall–Kier alpha value is -2.43. The van der Waals surface area contributed by atoms with Crippen molar-refractivity contribution in [1.29, 1.82) is 0 Å². The second kappa shape index (κ2) is 9.16.